The van der Waals surface area contributed by atoms with Gasteiger partial charge in [0.1, 0.15) is 17.5 Å². The number of nitrogens with one attached hydrogen (secondary N) is 2. The van der Waals surface area contributed by atoms with Crippen molar-refractivity contribution < 1.29 is 0 Å². The molecule has 0 saturated heterocycles. The van der Waals surface area contributed by atoms with Crippen LogP contribution in [0.1, 0.15) is 65.3 Å². The third-order valence-electron chi connectivity index (χ3n) is 3.93. The molecule has 2 rings (SSSR count). The van der Waals surface area contributed by atoms with E-state index in [1.54, 1.807) is 0 Å². The predicted molar refractivity (Wildman–Crippen MR) is 90.1 cm³/mol. The zero-order chi connectivity index (χ0) is 15.6. The average Bonchev–Trinajstić information content (AvgIpc) is 3.16. The molecular weight excluding hydrogens is 260 g/mol. The van der Waals surface area contributed by atoms with E-state index in [4.69, 9.17) is 9.97 Å². The van der Waals surface area contributed by atoms with Crippen LogP contribution in [-0.2, 0) is 5.41 Å². The van der Waals surface area contributed by atoms with Crippen molar-refractivity contribution in [2.24, 2.45) is 5.92 Å². The minimum atomic E-state index is -0.0476. The van der Waals surface area contributed by atoms with Crippen molar-refractivity contribution in [1.29, 1.82) is 0 Å². The molecule has 0 radical (unpaired) electrons. The van der Waals surface area contributed by atoms with Crippen LogP contribution in [0.3, 0.4) is 0 Å². The molecule has 0 bridgehead atoms. The van der Waals surface area contributed by atoms with Crippen molar-refractivity contribution in [2.45, 2.75) is 72.3 Å². The molecule has 4 heteroatoms. The predicted octanol–water partition coefficient (Wildman–Crippen LogP) is 4.11. The zero-order valence-electron chi connectivity index (χ0n) is 14.4. The molecule has 1 aromatic rings. The molecule has 4 nitrogen and oxygen atoms in total. The fourth-order valence-corrected chi connectivity index (χ4v) is 2.48. The average molecular weight is 290 g/mol. The van der Waals surface area contributed by atoms with E-state index in [2.05, 4.69) is 52.2 Å². The number of hydrogen-bond donors (Lipinski definition) is 2. The molecule has 1 atom stereocenters. The van der Waals surface area contributed by atoms with E-state index in [1.165, 1.54) is 19.3 Å². The van der Waals surface area contributed by atoms with Gasteiger partial charge in [-0.15, -0.1) is 0 Å². The van der Waals surface area contributed by atoms with Gasteiger partial charge in [0.2, 0.25) is 0 Å². The van der Waals surface area contributed by atoms with Crippen molar-refractivity contribution in [3.8, 4) is 0 Å². The molecule has 21 heavy (non-hydrogen) atoms. The maximum absolute atomic E-state index is 4.79. The van der Waals surface area contributed by atoms with Gasteiger partial charge in [-0.25, -0.2) is 9.97 Å². The Morgan fingerprint density at radius 1 is 1.19 bits per heavy atom. The number of rotatable bonds is 6. The van der Waals surface area contributed by atoms with Crippen LogP contribution in [0.25, 0.3) is 0 Å². The quantitative estimate of drug-likeness (QED) is 0.827. The standard InChI is InChI=1S/C17H30N4/c1-7-18-14-12(3)15(19-11(2)10-13-8-9-13)21-16(20-14)17(4,5)6/h11,13H,7-10H2,1-6H3,(H2,18,19,20,21). The first-order valence-corrected chi connectivity index (χ1v) is 8.20. The van der Waals surface area contributed by atoms with Crippen molar-refractivity contribution >= 4 is 11.6 Å². The Kier molecular flexibility index (Phi) is 4.74. The molecule has 1 unspecified atom stereocenters. The van der Waals surface area contributed by atoms with Gasteiger partial charge in [0, 0.05) is 23.6 Å². The molecule has 1 saturated carbocycles. The number of hydrogen-bond acceptors (Lipinski definition) is 4. The van der Waals surface area contributed by atoms with Crippen LogP contribution in [-0.4, -0.2) is 22.6 Å². The van der Waals surface area contributed by atoms with Crippen molar-refractivity contribution in [3.05, 3.63) is 11.4 Å². The zero-order valence-corrected chi connectivity index (χ0v) is 14.4. The van der Waals surface area contributed by atoms with Gasteiger partial charge in [0.25, 0.3) is 0 Å². The molecule has 0 aromatic carbocycles. The molecule has 1 aliphatic rings. The van der Waals surface area contributed by atoms with Gasteiger partial charge in [-0.2, -0.15) is 0 Å². The van der Waals surface area contributed by atoms with Crippen LogP contribution in [0.2, 0.25) is 0 Å². The van der Waals surface area contributed by atoms with E-state index in [-0.39, 0.29) is 5.41 Å². The molecule has 2 N–H and O–H groups in total. The summed E-state index contributed by atoms with van der Waals surface area (Å²) in [5.74, 6) is 3.76. The molecule has 0 aliphatic heterocycles. The molecule has 0 spiro atoms. The maximum Gasteiger partial charge on any atom is 0.138 e. The minimum Gasteiger partial charge on any atom is -0.370 e. The van der Waals surface area contributed by atoms with E-state index < -0.39 is 0 Å². The summed E-state index contributed by atoms with van der Waals surface area (Å²) < 4.78 is 0. The number of nitrogens with zero attached hydrogens (tertiary/aromatic N) is 2. The Balaban J connectivity index is 2.25. The van der Waals surface area contributed by atoms with Gasteiger partial charge < -0.3 is 10.6 Å². The highest BCUT2D eigenvalue weighted by atomic mass is 15.1. The van der Waals surface area contributed by atoms with Crippen LogP contribution < -0.4 is 10.6 Å². The van der Waals surface area contributed by atoms with Crippen LogP contribution in [0.5, 0.6) is 0 Å². The van der Waals surface area contributed by atoms with Crippen LogP contribution >= 0.6 is 0 Å². The second-order valence-corrected chi connectivity index (χ2v) is 7.37. The lowest BCUT2D eigenvalue weighted by Gasteiger charge is -2.23. The fraction of sp³-hybridized carbons (Fsp3) is 0.765. The van der Waals surface area contributed by atoms with Crippen molar-refractivity contribution in [1.82, 2.24) is 9.97 Å². The van der Waals surface area contributed by atoms with E-state index >= 15 is 0 Å². The Morgan fingerprint density at radius 3 is 2.33 bits per heavy atom. The monoisotopic (exact) mass is 290 g/mol. The van der Waals surface area contributed by atoms with Gasteiger partial charge in [-0.3, -0.25) is 0 Å². The Hall–Kier alpha value is -1.32. The Labute approximate surface area is 129 Å². The third-order valence-corrected chi connectivity index (χ3v) is 3.93. The Morgan fingerprint density at radius 2 is 1.81 bits per heavy atom. The first-order valence-electron chi connectivity index (χ1n) is 8.20. The van der Waals surface area contributed by atoms with Gasteiger partial charge in [0.05, 0.1) is 0 Å². The van der Waals surface area contributed by atoms with Crippen LogP contribution in [0.4, 0.5) is 11.6 Å². The third kappa shape index (κ3) is 4.32. The summed E-state index contributed by atoms with van der Waals surface area (Å²) in [6.07, 6.45) is 4.03. The van der Waals surface area contributed by atoms with Gasteiger partial charge in [0.15, 0.2) is 0 Å². The summed E-state index contributed by atoms with van der Waals surface area (Å²) in [6, 6.07) is 0.466. The van der Waals surface area contributed by atoms with E-state index in [0.717, 1.165) is 35.5 Å². The number of anilines is 2. The second-order valence-electron chi connectivity index (χ2n) is 7.37. The number of aromatic nitrogens is 2. The highest BCUT2D eigenvalue weighted by molar-refractivity contribution is 5.58. The fourth-order valence-electron chi connectivity index (χ4n) is 2.48. The van der Waals surface area contributed by atoms with Crippen molar-refractivity contribution in [3.63, 3.8) is 0 Å². The lowest BCUT2D eigenvalue weighted by atomic mass is 9.95. The summed E-state index contributed by atoms with van der Waals surface area (Å²) in [5, 5.41) is 6.97. The summed E-state index contributed by atoms with van der Waals surface area (Å²) in [7, 11) is 0. The van der Waals surface area contributed by atoms with E-state index in [0.29, 0.717) is 6.04 Å². The first kappa shape index (κ1) is 16.1. The van der Waals surface area contributed by atoms with Gasteiger partial charge in [-0.05, 0) is 33.1 Å². The molecule has 1 aromatic heterocycles. The summed E-state index contributed by atoms with van der Waals surface area (Å²) in [4.78, 5) is 9.50. The molecule has 1 fully saturated rings. The molecule has 0 amide bonds. The van der Waals surface area contributed by atoms with Crippen LogP contribution in [0, 0.1) is 12.8 Å². The topological polar surface area (TPSA) is 49.8 Å². The molecule has 1 aliphatic carbocycles. The van der Waals surface area contributed by atoms with Gasteiger partial charge in [-0.1, -0.05) is 33.6 Å². The largest absolute Gasteiger partial charge is 0.370 e. The van der Waals surface area contributed by atoms with Crippen LogP contribution in [0.15, 0.2) is 0 Å². The normalized spacial score (nSPS) is 16.7. The van der Waals surface area contributed by atoms with E-state index in [1.807, 2.05) is 0 Å². The maximum atomic E-state index is 4.79. The van der Waals surface area contributed by atoms with Crippen molar-refractivity contribution in [2.75, 3.05) is 17.2 Å². The van der Waals surface area contributed by atoms with Gasteiger partial charge >= 0.3 is 0 Å². The lowest BCUT2D eigenvalue weighted by molar-refractivity contribution is 0.544. The minimum absolute atomic E-state index is 0.0476. The molecular formula is C17H30N4. The summed E-state index contributed by atoms with van der Waals surface area (Å²) >= 11 is 0. The lowest BCUT2D eigenvalue weighted by Crippen LogP contribution is -2.23. The molecule has 1 heterocycles. The summed E-state index contributed by atoms with van der Waals surface area (Å²) in [6.45, 7) is 13.8. The Bertz CT molecular complexity index is 486. The highest BCUT2D eigenvalue weighted by Crippen LogP contribution is 2.34. The first-order chi connectivity index (χ1) is 9.81. The smallest absolute Gasteiger partial charge is 0.138 e. The molecule has 118 valence electrons. The highest BCUT2D eigenvalue weighted by Gasteiger charge is 2.25. The second kappa shape index (κ2) is 6.20. The van der Waals surface area contributed by atoms with E-state index in [9.17, 15) is 0 Å². The SMILES string of the molecule is CCNc1nc(C(C)(C)C)nc(NC(C)CC2CC2)c1C. The summed E-state index contributed by atoms with van der Waals surface area (Å²) in [5.41, 5.74) is 1.07.